The Morgan fingerprint density at radius 3 is 1.38 bits per heavy atom. The van der Waals surface area contributed by atoms with Crippen molar-refractivity contribution in [3.05, 3.63) is 119 Å². The number of nitrogens with zero attached hydrogens (tertiary/aromatic N) is 6. The van der Waals surface area contributed by atoms with Gasteiger partial charge in [0, 0.05) is 72.0 Å². The van der Waals surface area contributed by atoms with E-state index in [0.29, 0.717) is 57.9 Å². The first-order valence-corrected chi connectivity index (χ1v) is 26.3. The van der Waals surface area contributed by atoms with E-state index in [1.807, 2.05) is 57.6 Å². The Balaban J connectivity index is 0.000000185. The SMILES string of the molecule is NCc1ccc(-c2cn3c(n2)sc2cc(C(=O)NCCCN4CCCCC4)ccc23)cc1C(F)F.NCc1ccc(-c2cn3c(n2)sc2cc(C(=O)NCCCN4CCCCC4)ccc23)cc1C(F)F.O=CO. The predicted octanol–water partition coefficient (Wildman–Crippen LogP) is 10.1. The number of nitrogens with two attached hydrogens (primary N) is 2. The van der Waals surface area contributed by atoms with Crippen LogP contribution in [-0.2, 0) is 17.9 Å². The van der Waals surface area contributed by atoms with Gasteiger partial charge in [0.15, 0.2) is 9.92 Å². The number of alkyl halides is 4. The Morgan fingerprint density at radius 2 is 1.01 bits per heavy atom. The Labute approximate surface area is 428 Å². The summed E-state index contributed by atoms with van der Waals surface area (Å²) in [5.41, 5.74) is 17.6. The van der Waals surface area contributed by atoms with E-state index in [1.54, 1.807) is 24.3 Å². The number of halogens is 4. The first kappa shape index (κ1) is 53.0. The van der Waals surface area contributed by atoms with Gasteiger partial charge in [-0.05, 0) is 137 Å². The number of hydrogen-bond acceptors (Lipinski definition) is 11. The highest BCUT2D eigenvalue weighted by Crippen LogP contribution is 2.35. The highest BCUT2D eigenvalue weighted by Gasteiger charge is 2.20. The molecule has 0 unspecified atom stereocenters. The number of thiazole rings is 2. The quantitative estimate of drug-likeness (QED) is 0.0354. The number of benzene rings is 4. The van der Waals surface area contributed by atoms with Gasteiger partial charge in [-0.3, -0.25) is 23.2 Å². The minimum absolute atomic E-state index is 0.0576. The van der Waals surface area contributed by atoms with Crippen molar-refractivity contribution < 1.29 is 37.1 Å². The monoisotopic (exact) mass is 1040 g/mol. The van der Waals surface area contributed by atoms with Crippen LogP contribution in [0.2, 0.25) is 0 Å². The topological polar surface area (TPSA) is 189 Å². The summed E-state index contributed by atoms with van der Waals surface area (Å²) in [5, 5.41) is 13.0. The molecule has 0 radical (unpaired) electrons. The van der Waals surface area contributed by atoms with E-state index >= 15 is 0 Å². The normalized spacial score (nSPS) is 14.4. The fraction of sp³-hybridized carbons (Fsp3) is 0.377. The summed E-state index contributed by atoms with van der Waals surface area (Å²) < 4.78 is 59.5. The zero-order chi connectivity index (χ0) is 51.4. The molecule has 0 spiro atoms. The number of hydrogen-bond donors (Lipinski definition) is 5. The van der Waals surface area contributed by atoms with E-state index < -0.39 is 12.9 Å². The number of rotatable bonds is 16. The number of likely N-dealkylation sites (tertiary alicyclic amines) is 2. The number of carboxylic acid groups (broad SMARTS) is 1. The van der Waals surface area contributed by atoms with Gasteiger partial charge in [-0.25, -0.2) is 27.5 Å². The van der Waals surface area contributed by atoms with Crippen molar-refractivity contribution in [2.24, 2.45) is 11.5 Å². The predicted molar refractivity (Wildman–Crippen MR) is 281 cm³/mol. The molecular formula is C53H60F4N10O4S2. The summed E-state index contributed by atoms with van der Waals surface area (Å²) in [4.78, 5) is 49.4. The molecule has 14 nitrogen and oxygen atoms in total. The van der Waals surface area contributed by atoms with Crippen LogP contribution in [0, 0.1) is 0 Å². The lowest BCUT2D eigenvalue weighted by atomic mass is 10.0. The van der Waals surface area contributed by atoms with Crippen molar-refractivity contribution in [2.75, 3.05) is 52.4 Å². The third-order valence-electron chi connectivity index (χ3n) is 13.3. The summed E-state index contributed by atoms with van der Waals surface area (Å²) in [6.07, 6.45) is 8.16. The van der Waals surface area contributed by atoms with Gasteiger partial charge in [-0.1, -0.05) is 59.8 Å². The maximum absolute atomic E-state index is 13.4. The molecule has 2 aliphatic heterocycles. The minimum Gasteiger partial charge on any atom is -0.483 e. The molecule has 386 valence electrons. The molecule has 7 N–H and O–H groups in total. The average molecular weight is 1040 g/mol. The molecule has 8 aromatic rings. The van der Waals surface area contributed by atoms with Gasteiger partial charge >= 0.3 is 0 Å². The highest BCUT2D eigenvalue weighted by atomic mass is 32.1. The Kier molecular flexibility index (Phi) is 18.2. The molecule has 0 saturated carbocycles. The van der Waals surface area contributed by atoms with Crippen molar-refractivity contribution in [2.45, 2.75) is 77.3 Å². The van der Waals surface area contributed by atoms with E-state index in [-0.39, 0.29) is 42.5 Å². The van der Waals surface area contributed by atoms with Crippen molar-refractivity contribution in [3.8, 4) is 22.5 Å². The first-order chi connectivity index (χ1) is 35.5. The Bertz CT molecular complexity index is 2950. The third-order valence-corrected chi connectivity index (χ3v) is 15.3. The summed E-state index contributed by atoms with van der Waals surface area (Å²) in [6, 6.07) is 21.0. The number of fused-ring (bicyclic) bond motifs is 6. The summed E-state index contributed by atoms with van der Waals surface area (Å²) >= 11 is 2.94. The first-order valence-electron chi connectivity index (χ1n) is 24.6. The summed E-state index contributed by atoms with van der Waals surface area (Å²) in [7, 11) is 0. The second kappa shape index (κ2) is 25.1. The summed E-state index contributed by atoms with van der Waals surface area (Å²) in [5.74, 6) is -0.145. The maximum Gasteiger partial charge on any atom is 0.290 e. The van der Waals surface area contributed by atoms with E-state index in [0.717, 1.165) is 56.3 Å². The maximum atomic E-state index is 13.4. The van der Waals surface area contributed by atoms with Crippen LogP contribution in [0.5, 0.6) is 0 Å². The van der Waals surface area contributed by atoms with E-state index in [4.69, 9.17) is 21.4 Å². The van der Waals surface area contributed by atoms with E-state index in [1.165, 1.54) is 99.5 Å². The van der Waals surface area contributed by atoms with Crippen LogP contribution in [0.3, 0.4) is 0 Å². The molecule has 0 atom stereocenters. The fourth-order valence-corrected chi connectivity index (χ4v) is 11.5. The van der Waals surface area contributed by atoms with E-state index in [2.05, 4.69) is 30.4 Å². The molecule has 4 aromatic carbocycles. The van der Waals surface area contributed by atoms with Crippen LogP contribution in [0.25, 0.3) is 52.9 Å². The molecule has 2 aliphatic rings. The largest absolute Gasteiger partial charge is 0.483 e. The van der Waals surface area contributed by atoms with E-state index in [9.17, 15) is 27.2 Å². The number of piperidine rings is 2. The fourth-order valence-electron chi connectivity index (χ4n) is 9.43. The lowest BCUT2D eigenvalue weighted by Gasteiger charge is -2.26. The number of imidazole rings is 2. The molecule has 10 rings (SSSR count). The summed E-state index contributed by atoms with van der Waals surface area (Å²) in [6.45, 7) is 7.92. The number of aromatic nitrogens is 4. The van der Waals surface area contributed by atoms with Crippen molar-refractivity contribution in [3.63, 3.8) is 0 Å². The van der Waals surface area contributed by atoms with Crippen LogP contribution in [0.4, 0.5) is 17.6 Å². The number of nitrogens with one attached hydrogen (secondary N) is 2. The van der Waals surface area contributed by atoms with Gasteiger partial charge in [0.1, 0.15) is 0 Å². The molecule has 2 fully saturated rings. The van der Waals surface area contributed by atoms with Crippen LogP contribution in [0.15, 0.2) is 85.2 Å². The van der Waals surface area contributed by atoms with Crippen LogP contribution < -0.4 is 22.1 Å². The molecule has 20 heteroatoms. The van der Waals surface area contributed by atoms with Crippen LogP contribution >= 0.6 is 22.7 Å². The molecular weight excluding hydrogens is 981 g/mol. The van der Waals surface area contributed by atoms with Gasteiger partial charge in [-0.2, -0.15) is 0 Å². The third kappa shape index (κ3) is 12.9. The van der Waals surface area contributed by atoms with Gasteiger partial charge in [0.25, 0.3) is 31.1 Å². The lowest BCUT2D eigenvalue weighted by Crippen LogP contribution is -2.33. The van der Waals surface area contributed by atoms with Gasteiger partial charge in [0.05, 0.1) is 31.8 Å². The van der Waals surface area contributed by atoms with Crippen molar-refractivity contribution >= 4 is 71.3 Å². The molecule has 4 aromatic heterocycles. The zero-order valence-corrected chi connectivity index (χ0v) is 42.0. The lowest BCUT2D eigenvalue weighted by molar-refractivity contribution is -0.122. The highest BCUT2D eigenvalue weighted by molar-refractivity contribution is 7.24. The van der Waals surface area contributed by atoms with Gasteiger partial charge in [0.2, 0.25) is 0 Å². The standard InChI is InChI=1S/2C26H29F2N5OS.CH2O2/c2*27-24(28)20-13-17(5-6-19(20)15-29)21-16-33-22-8-7-18(14-23(22)35-26(33)31-21)25(34)30-9-4-12-32-10-2-1-3-11-32;2-1-3/h2*5-8,13-14,16,24H,1-4,9-12,15,29H2,(H,30,34);1H,(H,2,3). The number of carbonyl (C=O) groups excluding carboxylic acids is 2. The number of carbonyl (C=O) groups is 3. The van der Waals surface area contributed by atoms with Crippen molar-refractivity contribution in [1.29, 1.82) is 0 Å². The molecule has 0 bridgehead atoms. The Hall–Kier alpha value is -6.29. The minimum atomic E-state index is -2.59. The number of amides is 2. The molecule has 0 aliphatic carbocycles. The second-order valence-corrected chi connectivity index (χ2v) is 20.1. The van der Waals surface area contributed by atoms with Crippen LogP contribution in [0.1, 0.15) is 107 Å². The Morgan fingerprint density at radius 1 is 0.616 bits per heavy atom. The smallest absolute Gasteiger partial charge is 0.290 e. The van der Waals surface area contributed by atoms with Crippen LogP contribution in [-0.4, -0.2) is 104 Å². The molecule has 73 heavy (non-hydrogen) atoms. The molecule has 6 heterocycles. The zero-order valence-electron chi connectivity index (χ0n) is 40.4. The average Bonchev–Trinajstić information content (AvgIpc) is 4.19. The van der Waals surface area contributed by atoms with Gasteiger partial charge in [-0.15, -0.1) is 0 Å². The molecule has 2 amide bonds. The van der Waals surface area contributed by atoms with Gasteiger partial charge < -0.3 is 37.0 Å². The van der Waals surface area contributed by atoms with Crippen molar-refractivity contribution in [1.82, 2.24) is 39.2 Å². The molecule has 2 saturated heterocycles. The second-order valence-electron chi connectivity index (χ2n) is 18.1.